The summed E-state index contributed by atoms with van der Waals surface area (Å²) < 4.78 is 20.4. The van der Waals surface area contributed by atoms with Gasteiger partial charge in [0.05, 0.1) is 46.5 Å². The molecule has 7 rings (SSSR count). The zero-order chi connectivity index (χ0) is 30.2. The average Bonchev–Trinajstić information content (AvgIpc) is 3.59. The number of rotatable bonds is 9. The molecule has 1 saturated carbocycles. The smallest absolute Gasteiger partial charge is 0.227 e. The Morgan fingerprint density at radius 1 is 1.02 bits per heavy atom. The molecule has 44 heavy (non-hydrogen) atoms. The Bertz CT molecular complexity index is 2000. The minimum atomic E-state index is -0.408. The van der Waals surface area contributed by atoms with E-state index in [4.69, 9.17) is 9.72 Å². The van der Waals surface area contributed by atoms with E-state index in [-0.39, 0.29) is 11.8 Å². The Balaban J connectivity index is 1.21. The number of fused-ring (bicyclic) bond motifs is 2. The van der Waals surface area contributed by atoms with Crippen molar-refractivity contribution < 1.29 is 13.9 Å². The number of ether oxygens (including phenoxy) is 1. The molecule has 3 N–H and O–H groups in total. The van der Waals surface area contributed by atoms with Gasteiger partial charge in [-0.05, 0) is 56.8 Å². The fourth-order valence-corrected chi connectivity index (χ4v) is 5.22. The van der Waals surface area contributed by atoms with Crippen LogP contribution >= 0.6 is 0 Å². The number of benzene rings is 1. The molecule has 0 unspecified atom stereocenters. The molecule has 12 heteroatoms. The Kier molecular flexibility index (Phi) is 7.18. The van der Waals surface area contributed by atoms with Crippen molar-refractivity contribution in [2.45, 2.75) is 19.3 Å². The average molecular weight is 592 g/mol. The normalized spacial score (nSPS) is 13.5. The maximum atomic E-state index is 14.6. The molecule has 1 amide bonds. The molecule has 5 heterocycles. The van der Waals surface area contributed by atoms with E-state index in [9.17, 15) is 9.18 Å². The lowest BCUT2D eigenvalue weighted by molar-refractivity contribution is -0.122. The van der Waals surface area contributed by atoms with Gasteiger partial charge in [-0.15, -0.1) is 0 Å². The van der Waals surface area contributed by atoms with Crippen molar-refractivity contribution in [3.05, 3.63) is 67.1 Å². The molecule has 0 saturated heterocycles. The predicted molar refractivity (Wildman–Crippen MR) is 165 cm³/mol. The third-order valence-electron chi connectivity index (χ3n) is 7.83. The van der Waals surface area contributed by atoms with E-state index in [0.29, 0.717) is 64.0 Å². The van der Waals surface area contributed by atoms with Crippen LogP contribution in [0.2, 0.25) is 0 Å². The number of hydrogen-bond acceptors (Lipinski definition) is 8. The maximum absolute atomic E-state index is 14.6. The van der Waals surface area contributed by atoms with Gasteiger partial charge in [-0.2, -0.15) is 5.10 Å². The number of halogens is 1. The van der Waals surface area contributed by atoms with Gasteiger partial charge in [-0.3, -0.25) is 24.8 Å². The van der Waals surface area contributed by atoms with Crippen LogP contribution in [0, 0.1) is 11.7 Å². The lowest BCUT2D eigenvalue weighted by Gasteiger charge is -2.24. The van der Waals surface area contributed by atoms with Crippen molar-refractivity contribution in [3.63, 3.8) is 0 Å². The minimum Gasteiger partial charge on any atom is -0.492 e. The molecule has 0 atom stereocenters. The molecule has 11 nitrogen and oxygen atoms in total. The van der Waals surface area contributed by atoms with E-state index in [0.717, 1.165) is 35.7 Å². The summed E-state index contributed by atoms with van der Waals surface area (Å²) >= 11 is 0. The van der Waals surface area contributed by atoms with Crippen LogP contribution in [0.4, 0.5) is 10.1 Å². The number of pyridine rings is 3. The largest absolute Gasteiger partial charge is 0.492 e. The van der Waals surface area contributed by atoms with E-state index < -0.39 is 5.82 Å². The first-order valence-electron chi connectivity index (χ1n) is 14.4. The van der Waals surface area contributed by atoms with Crippen LogP contribution in [-0.2, 0) is 4.79 Å². The van der Waals surface area contributed by atoms with E-state index in [1.54, 1.807) is 37.1 Å². The zero-order valence-corrected chi connectivity index (χ0v) is 24.3. The van der Waals surface area contributed by atoms with Gasteiger partial charge >= 0.3 is 0 Å². The van der Waals surface area contributed by atoms with Crippen molar-refractivity contribution in [1.29, 1.82) is 0 Å². The molecule has 1 aromatic carbocycles. The van der Waals surface area contributed by atoms with Gasteiger partial charge in [0.25, 0.3) is 0 Å². The van der Waals surface area contributed by atoms with Crippen LogP contribution in [0.25, 0.3) is 55.8 Å². The topological polar surface area (TPSA) is 138 Å². The molecule has 6 aromatic rings. The second kappa shape index (κ2) is 11.5. The number of hydrogen-bond donors (Lipinski definition) is 3. The number of H-pyrrole nitrogens is 2. The van der Waals surface area contributed by atoms with Crippen LogP contribution in [0.15, 0.2) is 61.3 Å². The fourth-order valence-electron chi connectivity index (χ4n) is 5.22. The quantitative estimate of drug-likeness (QED) is 0.202. The van der Waals surface area contributed by atoms with Crippen LogP contribution in [0.5, 0.6) is 5.75 Å². The van der Waals surface area contributed by atoms with Crippen LogP contribution in [0.1, 0.15) is 19.3 Å². The monoisotopic (exact) mass is 591 g/mol. The Hall–Kier alpha value is -5.23. The second-order valence-corrected chi connectivity index (χ2v) is 11.3. The molecule has 5 aromatic heterocycles. The first-order chi connectivity index (χ1) is 21.4. The van der Waals surface area contributed by atoms with E-state index in [2.05, 4.69) is 35.5 Å². The van der Waals surface area contributed by atoms with Crippen LogP contribution in [0.3, 0.4) is 0 Å². The highest BCUT2D eigenvalue weighted by Crippen LogP contribution is 2.34. The molecule has 0 radical (unpaired) electrons. The van der Waals surface area contributed by atoms with Crippen LogP contribution in [-0.4, -0.2) is 73.2 Å². The molecule has 0 aliphatic heterocycles. The second-order valence-electron chi connectivity index (χ2n) is 11.3. The standard InChI is InChI=1S/C32H30FN9O2/c1-42(2)6-7-44-23-10-19(8-21(33)11-23)25-15-35-16-28-29(25)39-31(38-28)30-24-12-26(36-17-27(24)40-41-30)20-9-22(14-34-13-20)37-32(43)18-4-3-5-18/h8-18H,3-7H2,1-2H3,(H,37,43)(H,38,39)(H,40,41). The molecule has 1 aliphatic carbocycles. The zero-order valence-electron chi connectivity index (χ0n) is 24.3. The third kappa shape index (κ3) is 5.47. The van der Waals surface area contributed by atoms with Gasteiger partial charge in [0.15, 0.2) is 5.82 Å². The summed E-state index contributed by atoms with van der Waals surface area (Å²) in [4.78, 5) is 36.0. The summed E-state index contributed by atoms with van der Waals surface area (Å²) in [6.45, 7) is 1.14. The number of anilines is 1. The van der Waals surface area contributed by atoms with Crippen molar-refractivity contribution in [1.82, 2.24) is 40.0 Å². The third-order valence-corrected chi connectivity index (χ3v) is 7.83. The number of nitrogens with one attached hydrogen (secondary N) is 3. The summed E-state index contributed by atoms with van der Waals surface area (Å²) in [6, 6.07) is 8.40. The van der Waals surface area contributed by atoms with Crippen molar-refractivity contribution in [2.75, 3.05) is 32.6 Å². The number of amides is 1. The minimum absolute atomic E-state index is 0.0285. The molecular formula is C32H30FN9O2. The predicted octanol–water partition coefficient (Wildman–Crippen LogP) is 5.44. The highest BCUT2D eigenvalue weighted by molar-refractivity contribution is 5.98. The Labute approximate surface area is 251 Å². The van der Waals surface area contributed by atoms with Gasteiger partial charge in [0.1, 0.15) is 23.9 Å². The Morgan fingerprint density at radius 3 is 2.70 bits per heavy atom. The van der Waals surface area contributed by atoms with E-state index in [1.807, 2.05) is 31.1 Å². The van der Waals surface area contributed by atoms with Gasteiger partial charge < -0.3 is 19.9 Å². The van der Waals surface area contributed by atoms with Gasteiger partial charge in [0.2, 0.25) is 5.91 Å². The summed E-state index contributed by atoms with van der Waals surface area (Å²) in [5.74, 6) is 0.658. The van der Waals surface area contributed by atoms with Gasteiger partial charge in [-0.25, -0.2) is 9.37 Å². The first kappa shape index (κ1) is 27.6. The van der Waals surface area contributed by atoms with Crippen LogP contribution < -0.4 is 10.1 Å². The van der Waals surface area contributed by atoms with Gasteiger partial charge in [-0.1, -0.05) is 6.42 Å². The van der Waals surface area contributed by atoms with Crippen molar-refractivity contribution >= 4 is 33.5 Å². The number of likely N-dealkylation sites (N-methyl/N-ethyl adjacent to an activating group) is 1. The maximum Gasteiger partial charge on any atom is 0.227 e. The summed E-state index contributed by atoms with van der Waals surface area (Å²) in [5, 5.41) is 11.3. The highest BCUT2D eigenvalue weighted by atomic mass is 19.1. The number of carbonyl (C=O) groups is 1. The summed E-state index contributed by atoms with van der Waals surface area (Å²) in [5.41, 5.74) is 5.98. The number of aromatic nitrogens is 7. The fraction of sp³-hybridized carbons (Fsp3) is 0.250. The molecule has 0 bridgehead atoms. The first-order valence-corrected chi connectivity index (χ1v) is 14.4. The number of nitrogens with zero attached hydrogens (tertiary/aromatic N) is 6. The molecule has 0 spiro atoms. The molecule has 1 aliphatic rings. The Morgan fingerprint density at radius 2 is 1.89 bits per heavy atom. The van der Waals surface area contributed by atoms with E-state index in [1.165, 1.54) is 12.1 Å². The number of aromatic amines is 2. The lowest BCUT2D eigenvalue weighted by atomic mass is 9.85. The molecule has 1 fully saturated rings. The number of imidazole rings is 1. The SMILES string of the molecule is CN(C)CCOc1cc(F)cc(-c2cncc3[nH]c(-c4n[nH]c5cnc(-c6cncc(NC(=O)C7CCC7)c6)cc45)nc23)c1. The van der Waals surface area contributed by atoms with Crippen molar-refractivity contribution in [2.24, 2.45) is 5.92 Å². The van der Waals surface area contributed by atoms with Gasteiger partial charge in [0, 0.05) is 47.4 Å². The highest BCUT2D eigenvalue weighted by Gasteiger charge is 2.25. The summed E-state index contributed by atoms with van der Waals surface area (Å²) in [6.07, 6.45) is 11.3. The van der Waals surface area contributed by atoms with E-state index >= 15 is 0 Å². The number of carbonyl (C=O) groups excluding carboxylic acids is 1. The van der Waals surface area contributed by atoms with Crippen molar-refractivity contribution in [3.8, 4) is 39.7 Å². The summed E-state index contributed by atoms with van der Waals surface area (Å²) in [7, 11) is 3.91. The molecular weight excluding hydrogens is 561 g/mol. The molecule has 222 valence electrons. The lowest BCUT2D eigenvalue weighted by Crippen LogP contribution is -2.28.